The normalized spacial score (nSPS) is 10.3. The van der Waals surface area contributed by atoms with Crippen LogP contribution in [-0.4, -0.2) is 10.8 Å². The molecule has 0 aliphatic heterocycles. The third-order valence-corrected chi connectivity index (χ3v) is 2.94. The van der Waals surface area contributed by atoms with Crippen LogP contribution in [-0.2, 0) is 17.6 Å². The van der Waals surface area contributed by atoms with Crippen molar-refractivity contribution < 1.29 is 4.79 Å². The summed E-state index contributed by atoms with van der Waals surface area (Å²) < 4.78 is 0. The maximum Gasteiger partial charge on any atom is 0.137 e. The van der Waals surface area contributed by atoms with Crippen molar-refractivity contribution >= 4 is 5.78 Å². The summed E-state index contributed by atoms with van der Waals surface area (Å²) in [5.41, 5.74) is 3.44. The lowest BCUT2D eigenvalue weighted by Crippen LogP contribution is -2.04. The summed E-state index contributed by atoms with van der Waals surface area (Å²) >= 11 is 0. The van der Waals surface area contributed by atoms with E-state index in [-0.39, 0.29) is 5.78 Å². The molecule has 0 saturated heterocycles. The minimum atomic E-state index is 0.280. The van der Waals surface area contributed by atoms with E-state index in [4.69, 9.17) is 0 Å². The van der Waals surface area contributed by atoms with Gasteiger partial charge in [-0.1, -0.05) is 35.9 Å². The maximum atomic E-state index is 11.9. The van der Waals surface area contributed by atoms with Crippen LogP contribution in [0.15, 0.2) is 48.8 Å². The topological polar surface area (TPSA) is 30.0 Å². The Balaban J connectivity index is 1.84. The van der Waals surface area contributed by atoms with Crippen molar-refractivity contribution in [2.75, 3.05) is 0 Å². The molecule has 0 aliphatic carbocycles. The molecule has 0 unspecified atom stereocenters. The summed E-state index contributed by atoms with van der Waals surface area (Å²) in [5, 5.41) is 0. The summed E-state index contributed by atoms with van der Waals surface area (Å²) in [6.45, 7) is 2.05. The molecule has 0 amide bonds. The van der Waals surface area contributed by atoms with Crippen LogP contribution in [0.25, 0.3) is 0 Å². The van der Waals surface area contributed by atoms with Crippen molar-refractivity contribution in [1.29, 1.82) is 0 Å². The summed E-state index contributed by atoms with van der Waals surface area (Å²) in [6.07, 6.45) is 5.45. The maximum absolute atomic E-state index is 11.9. The predicted octanol–water partition coefficient (Wildman–Crippen LogP) is 3.13. The molecule has 92 valence electrons. The highest BCUT2D eigenvalue weighted by Crippen LogP contribution is 2.07. The summed E-state index contributed by atoms with van der Waals surface area (Å²) in [6, 6.07) is 12.0. The first-order valence-corrected chi connectivity index (χ1v) is 6.20. The first kappa shape index (κ1) is 12.5. The standard InChI is InChI=1S/C16H17NO/c1-13-4-6-14(7-5-13)11-16(18)9-8-15-3-2-10-17-12-15/h2-7,10,12H,8-9,11H2,1H3. The molecule has 0 aliphatic rings. The van der Waals surface area contributed by atoms with Crippen LogP contribution in [0.3, 0.4) is 0 Å². The van der Waals surface area contributed by atoms with Crippen molar-refractivity contribution in [1.82, 2.24) is 4.98 Å². The van der Waals surface area contributed by atoms with Crippen molar-refractivity contribution in [3.8, 4) is 0 Å². The number of hydrogen-bond acceptors (Lipinski definition) is 2. The van der Waals surface area contributed by atoms with E-state index in [1.807, 2.05) is 49.5 Å². The molecule has 2 nitrogen and oxygen atoms in total. The highest BCUT2D eigenvalue weighted by Gasteiger charge is 2.04. The van der Waals surface area contributed by atoms with Gasteiger partial charge < -0.3 is 0 Å². The zero-order valence-electron chi connectivity index (χ0n) is 10.6. The van der Waals surface area contributed by atoms with Crippen LogP contribution in [0, 0.1) is 6.92 Å². The molecule has 18 heavy (non-hydrogen) atoms. The second kappa shape index (κ2) is 6.10. The molecule has 1 aromatic heterocycles. The van der Waals surface area contributed by atoms with Crippen LogP contribution in [0.1, 0.15) is 23.1 Å². The second-order valence-corrected chi connectivity index (χ2v) is 4.56. The molecule has 0 saturated carbocycles. The Bertz CT molecular complexity index is 502. The summed E-state index contributed by atoms with van der Waals surface area (Å²) in [5.74, 6) is 0.280. The fourth-order valence-corrected chi connectivity index (χ4v) is 1.85. The van der Waals surface area contributed by atoms with Gasteiger partial charge in [0.2, 0.25) is 0 Å². The molecule has 0 bridgehead atoms. The monoisotopic (exact) mass is 239 g/mol. The van der Waals surface area contributed by atoms with Gasteiger partial charge in [-0.2, -0.15) is 0 Å². The Morgan fingerprint density at radius 2 is 1.89 bits per heavy atom. The lowest BCUT2D eigenvalue weighted by atomic mass is 10.0. The van der Waals surface area contributed by atoms with E-state index in [2.05, 4.69) is 4.98 Å². The van der Waals surface area contributed by atoms with Gasteiger partial charge in [-0.25, -0.2) is 0 Å². The summed E-state index contributed by atoms with van der Waals surface area (Å²) in [4.78, 5) is 15.9. The molecular weight excluding hydrogens is 222 g/mol. The average Bonchev–Trinajstić information content (AvgIpc) is 2.40. The first-order valence-electron chi connectivity index (χ1n) is 6.20. The predicted molar refractivity (Wildman–Crippen MR) is 72.4 cm³/mol. The Morgan fingerprint density at radius 3 is 2.56 bits per heavy atom. The van der Waals surface area contributed by atoms with E-state index in [1.54, 1.807) is 6.20 Å². The fraction of sp³-hybridized carbons (Fsp3) is 0.250. The van der Waals surface area contributed by atoms with Gasteiger partial charge in [0.15, 0.2) is 0 Å². The largest absolute Gasteiger partial charge is 0.299 e. The van der Waals surface area contributed by atoms with Crippen molar-refractivity contribution in [2.45, 2.75) is 26.2 Å². The lowest BCUT2D eigenvalue weighted by Gasteiger charge is -2.02. The van der Waals surface area contributed by atoms with Gasteiger partial charge in [-0.3, -0.25) is 9.78 Å². The molecule has 1 heterocycles. The average molecular weight is 239 g/mol. The molecule has 0 radical (unpaired) electrons. The van der Waals surface area contributed by atoms with Gasteiger partial charge in [0, 0.05) is 25.2 Å². The number of rotatable bonds is 5. The number of Topliss-reactive ketones (excluding diaryl/α,β-unsaturated/α-hetero) is 1. The van der Waals surface area contributed by atoms with Gasteiger partial charge in [-0.05, 0) is 30.5 Å². The van der Waals surface area contributed by atoms with Gasteiger partial charge in [0.05, 0.1) is 0 Å². The van der Waals surface area contributed by atoms with Crippen LogP contribution in [0.5, 0.6) is 0 Å². The molecule has 1 aromatic carbocycles. The van der Waals surface area contributed by atoms with Crippen LogP contribution < -0.4 is 0 Å². The van der Waals surface area contributed by atoms with Crippen LogP contribution in [0.2, 0.25) is 0 Å². The molecule has 2 heteroatoms. The van der Waals surface area contributed by atoms with Gasteiger partial charge in [-0.15, -0.1) is 0 Å². The van der Waals surface area contributed by atoms with Crippen LogP contribution >= 0.6 is 0 Å². The zero-order valence-corrected chi connectivity index (χ0v) is 10.6. The van der Waals surface area contributed by atoms with E-state index in [0.717, 1.165) is 17.5 Å². The number of nitrogens with zero attached hydrogens (tertiary/aromatic N) is 1. The number of ketones is 1. The minimum absolute atomic E-state index is 0.280. The zero-order chi connectivity index (χ0) is 12.8. The number of carbonyl (C=O) groups excluding carboxylic acids is 1. The quantitative estimate of drug-likeness (QED) is 0.802. The SMILES string of the molecule is Cc1ccc(CC(=O)CCc2cccnc2)cc1. The van der Waals surface area contributed by atoms with E-state index in [1.165, 1.54) is 5.56 Å². The molecular formula is C16H17NO. The number of carbonyl (C=O) groups is 1. The molecule has 2 rings (SSSR count). The number of aromatic nitrogens is 1. The number of hydrogen-bond donors (Lipinski definition) is 0. The fourth-order valence-electron chi connectivity index (χ4n) is 1.85. The summed E-state index contributed by atoms with van der Waals surface area (Å²) in [7, 11) is 0. The van der Waals surface area contributed by atoms with Crippen molar-refractivity contribution in [3.63, 3.8) is 0 Å². The third-order valence-electron chi connectivity index (χ3n) is 2.94. The van der Waals surface area contributed by atoms with Crippen LogP contribution in [0.4, 0.5) is 0 Å². The second-order valence-electron chi connectivity index (χ2n) is 4.56. The smallest absolute Gasteiger partial charge is 0.137 e. The number of benzene rings is 1. The van der Waals surface area contributed by atoms with E-state index >= 15 is 0 Å². The number of pyridine rings is 1. The highest BCUT2D eigenvalue weighted by molar-refractivity contribution is 5.81. The lowest BCUT2D eigenvalue weighted by molar-refractivity contribution is -0.118. The molecule has 2 aromatic rings. The molecule has 0 fully saturated rings. The first-order chi connectivity index (χ1) is 8.74. The molecule has 0 N–H and O–H groups in total. The Kier molecular flexibility index (Phi) is 4.24. The highest BCUT2D eigenvalue weighted by atomic mass is 16.1. The van der Waals surface area contributed by atoms with Gasteiger partial charge >= 0.3 is 0 Å². The number of aryl methyl sites for hydroxylation is 2. The van der Waals surface area contributed by atoms with Crippen molar-refractivity contribution in [3.05, 3.63) is 65.5 Å². The van der Waals surface area contributed by atoms with Gasteiger partial charge in [0.25, 0.3) is 0 Å². The Hall–Kier alpha value is -1.96. The van der Waals surface area contributed by atoms with E-state index in [9.17, 15) is 4.79 Å². The van der Waals surface area contributed by atoms with E-state index in [0.29, 0.717) is 12.8 Å². The van der Waals surface area contributed by atoms with Gasteiger partial charge in [0.1, 0.15) is 5.78 Å². The van der Waals surface area contributed by atoms with E-state index < -0.39 is 0 Å². The Labute approximate surface area is 108 Å². The third kappa shape index (κ3) is 3.81. The molecule has 0 atom stereocenters. The Morgan fingerprint density at radius 1 is 1.11 bits per heavy atom. The molecule has 0 spiro atoms. The van der Waals surface area contributed by atoms with Crippen molar-refractivity contribution in [2.24, 2.45) is 0 Å². The minimum Gasteiger partial charge on any atom is -0.299 e.